The summed E-state index contributed by atoms with van der Waals surface area (Å²) in [6.07, 6.45) is -6.91. The molecule has 3 aliphatic carbocycles. The summed E-state index contributed by atoms with van der Waals surface area (Å²) in [4.78, 5) is 79.6. The van der Waals surface area contributed by atoms with Crippen LogP contribution in [-0.2, 0) is 47.6 Å². The summed E-state index contributed by atoms with van der Waals surface area (Å²) in [5.74, 6) is -4.39. The number of carbonyl (C=O) groups is 6. The van der Waals surface area contributed by atoms with E-state index in [1.54, 1.807) is 102 Å². The van der Waals surface area contributed by atoms with E-state index in [2.05, 4.69) is 5.32 Å². The fourth-order valence-electron chi connectivity index (χ4n) is 9.59. The molecule has 1 saturated heterocycles. The molecule has 0 aromatic heterocycles. The number of aldehydes is 1. The van der Waals surface area contributed by atoms with Gasteiger partial charge in [0.05, 0.1) is 18.2 Å². The molecule has 0 spiro atoms. The summed E-state index contributed by atoms with van der Waals surface area (Å²) in [5, 5.41) is 27.9. The van der Waals surface area contributed by atoms with Crippen LogP contribution in [0.3, 0.4) is 0 Å². The van der Waals surface area contributed by atoms with Crippen LogP contribution in [0.25, 0.3) is 0 Å². The molecule has 60 heavy (non-hydrogen) atoms. The van der Waals surface area contributed by atoms with Crippen molar-refractivity contribution < 1.29 is 67.4 Å². The van der Waals surface area contributed by atoms with Crippen molar-refractivity contribution in [2.24, 2.45) is 23.2 Å². The zero-order valence-electron chi connectivity index (χ0n) is 35.2. The average Bonchev–Trinajstić information content (AvgIpc) is 3.94. The Bertz CT molecular complexity index is 2010. The van der Waals surface area contributed by atoms with Crippen LogP contribution < -0.4 is 5.32 Å². The molecule has 2 aromatic carbocycles. The van der Waals surface area contributed by atoms with Gasteiger partial charge in [-0.15, -0.1) is 0 Å². The highest BCUT2D eigenvalue weighted by atomic mass is 16.6. The largest absolute Gasteiger partial charge is 0.456 e. The molecule has 6 rings (SSSR count). The van der Waals surface area contributed by atoms with E-state index in [0.29, 0.717) is 24.7 Å². The Balaban J connectivity index is 1.47. The number of rotatable bonds is 13. The third kappa shape index (κ3) is 8.57. The minimum atomic E-state index is -2.26. The van der Waals surface area contributed by atoms with Crippen molar-refractivity contribution in [3.63, 3.8) is 0 Å². The third-order valence-electron chi connectivity index (χ3n) is 12.5. The lowest BCUT2D eigenvalue weighted by Crippen LogP contribution is -2.74. The zero-order chi connectivity index (χ0) is 43.9. The summed E-state index contributed by atoms with van der Waals surface area (Å²) in [6.45, 7) is 12.1. The summed E-state index contributed by atoms with van der Waals surface area (Å²) in [7, 11) is 0. The van der Waals surface area contributed by atoms with E-state index in [9.17, 15) is 39.0 Å². The standard InChI is InChI=1S/C45H55NO14/c1-24-31(57-40(52)37(50)36(27-15-11-9-12-16-27)46-41(53)60-42(4,5)6)21-45(54,43(7,8)34(24)32(22-47)56-25(2)48)38(58-39(51)28-17-13-10-14-18-28)35-30-19-29(30)20-33-44(35,23-55-33)59-26(3)49/h9-18,22,29-33,35-38,50,54H,19-21,23H2,1-8H3,(H,46,53)/t29-,30-,31-,32-,33+,35+,36-,37+,38-,44-,45+/m0/s1. The van der Waals surface area contributed by atoms with Gasteiger partial charge in [-0.2, -0.15) is 0 Å². The van der Waals surface area contributed by atoms with Gasteiger partial charge >= 0.3 is 30.0 Å². The summed E-state index contributed by atoms with van der Waals surface area (Å²) >= 11 is 0. The van der Waals surface area contributed by atoms with E-state index in [-0.39, 0.29) is 35.2 Å². The Kier molecular flexibility index (Phi) is 12.4. The predicted octanol–water partition coefficient (Wildman–Crippen LogP) is 4.72. The number of hydrogen-bond donors (Lipinski definition) is 3. The first-order valence-corrected chi connectivity index (χ1v) is 20.2. The fraction of sp³-hybridized carbons (Fsp3) is 0.556. The summed E-state index contributed by atoms with van der Waals surface area (Å²) in [5.41, 5.74) is -5.29. The lowest BCUT2D eigenvalue weighted by Gasteiger charge is -2.61. The molecule has 4 aliphatic rings. The van der Waals surface area contributed by atoms with Crippen molar-refractivity contribution in [1.82, 2.24) is 5.32 Å². The molecule has 11 atom stereocenters. The average molecular weight is 834 g/mol. The number of ether oxygens (including phenoxy) is 6. The predicted molar refractivity (Wildman–Crippen MR) is 212 cm³/mol. The van der Waals surface area contributed by atoms with Gasteiger partial charge in [0.15, 0.2) is 24.1 Å². The molecule has 324 valence electrons. The van der Waals surface area contributed by atoms with Gasteiger partial charge in [-0.05, 0) is 81.2 Å². The van der Waals surface area contributed by atoms with Crippen molar-refractivity contribution in [2.75, 3.05) is 6.61 Å². The molecule has 0 radical (unpaired) electrons. The van der Waals surface area contributed by atoms with E-state index in [1.165, 1.54) is 6.92 Å². The first kappa shape index (κ1) is 44.4. The Morgan fingerprint density at radius 3 is 2.12 bits per heavy atom. The minimum Gasteiger partial charge on any atom is -0.456 e. The monoisotopic (exact) mass is 833 g/mol. The number of esters is 4. The number of alkyl carbamates (subject to hydrolysis) is 1. The fourth-order valence-corrected chi connectivity index (χ4v) is 9.59. The van der Waals surface area contributed by atoms with E-state index in [4.69, 9.17) is 28.4 Å². The van der Waals surface area contributed by atoms with Gasteiger partial charge in [-0.1, -0.05) is 62.4 Å². The van der Waals surface area contributed by atoms with E-state index in [0.717, 1.165) is 6.92 Å². The van der Waals surface area contributed by atoms with Gasteiger partial charge in [0.1, 0.15) is 29.5 Å². The quantitative estimate of drug-likeness (QED) is 0.108. The van der Waals surface area contributed by atoms with Gasteiger partial charge < -0.3 is 44.0 Å². The normalized spacial score (nSPS) is 29.7. The van der Waals surface area contributed by atoms with Crippen molar-refractivity contribution >= 4 is 36.3 Å². The molecule has 0 bridgehead atoms. The highest BCUT2D eigenvalue weighted by Crippen LogP contribution is 2.65. The number of aliphatic hydroxyl groups excluding tert-OH is 1. The van der Waals surface area contributed by atoms with Crippen molar-refractivity contribution in [1.29, 1.82) is 0 Å². The topological polar surface area (TPSA) is 210 Å². The number of hydrogen-bond acceptors (Lipinski definition) is 14. The number of amides is 1. The van der Waals surface area contributed by atoms with E-state index in [1.807, 2.05) is 0 Å². The number of carbonyl (C=O) groups excluding carboxylic acids is 6. The highest BCUT2D eigenvalue weighted by molar-refractivity contribution is 5.89. The van der Waals surface area contributed by atoms with Crippen molar-refractivity contribution in [2.45, 2.75) is 128 Å². The first-order valence-electron chi connectivity index (χ1n) is 20.2. The van der Waals surface area contributed by atoms with Crippen LogP contribution in [-0.4, -0.2) is 100 Å². The summed E-state index contributed by atoms with van der Waals surface area (Å²) < 4.78 is 35.6. The van der Waals surface area contributed by atoms with Crippen LogP contribution in [0.1, 0.15) is 96.6 Å². The molecule has 15 nitrogen and oxygen atoms in total. The highest BCUT2D eigenvalue weighted by Gasteiger charge is 2.74. The van der Waals surface area contributed by atoms with Crippen molar-refractivity contribution in [3.05, 3.63) is 82.9 Å². The second kappa shape index (κ2) is 16.7. The molecule has 1 heterocycles. The molecule has 1 amide bonds. The van der Waals surface area contributed by atoms with Crippen LogP contribution >= 0.6 is 0 Å². The molecule has 15 heteroatoms. The second-order valence-electron chi connectivity index (χ2n) is 17.9. The van der Waals surface area contributed by atoms with Gasteiger partial charge in [0.2, 0.25) is 0 Å². The van der Waals surface area contributed by atoms with Crippen LogP contribution in [0.15, 0.2) is 71.8 Å². The number of aliphatic hydroxyl groups is 2. The van der Waals surface area contributed by atoms with E-state index >= 15 is 0 Å². The maximum absolute atomic E-state index is 14.2. The molecule has 2 aromatic rings. The second-order valence-corrected chi connectivity index (χ2v) is 17.9. The molecular formula is C45H55NO14. The van der Waals surface area contributed by atoms with Crippen LogP contribution in [0, 0.1) is 23.2 Å². The first-order chi connectivity index (χ1) is 28.1. The van der Waals surface area contributed by atoms with Gasteiger partial charge in [-0.25, -0.2) is 14.4 Å². The Morgan fingerprint density at radius 2 is 1.57 bits per heavy atom. The Morgan fingerprint density at radius 1 is 0.933 bits per heavy atom. The van der Waals surface area contributed by atoms with Crippen LogP contribution in [0.2, 0.25) is 0 Å². The Hall–Kier alpha value is -5.12. The molecule has 0 unspecified atom stereocenters. The maximum atomic E-state index is 14.2. The lowest BCUT2D eigenvalue weighted by atomic mass is 9.54. The van der Waals surface area contributed by atoms with Gasteiger partial charge in [0, 0.05) is 31.6 Å². The zero-order valence-corrected chi connectivity index (χ0v) is 35.2. The lowest BCUT2D eigenvalue weighted by molar-refractivity contribution is -0.314. The minimum absolute atomic E-state index is 0.0384. The van der Waals surface area contributed by atoms with Crippen LogP contribution in [0.5, 0.6) is 0 Å². The van der Waals surface area contributed by atoms with Crippen LogP contribution in [0.4, 0.5) is 4.79 Å². The van der Waals surface area contributed by atoms with Gasteiger partial charge in [-0.3, -0.25) is 14.4 Å². The maximum Gasteiger partial charge on any atom is 0.408 e. The van der Waals surface area contributed by atoms with Gasteiger partial charge in [0.25, 0.3) is 0 Å². The molecular weight excluding hydrogens is 778 g/mol. The summed E-state index contributed by atoms with van der Waals surface area (Å²) in [6, 6.07) is 15.0. The molecule has 3 fully saturated rings. The number of benzene rings is 2. The molecule has 2 saturated carbocycles. The number of nitrogens with one attached hydrogen (secondary N) is 1. The molecule has 1 aliphatic heterocycles. The third-order valence-corrected chi connectivity index (χ3v) is 12.5. The van der Waals surface area contributed by atoms with Crippen molar-refractivity contribution in [3.8, 4) is 0 Å². The molecule has 3 N–H and O–H groups in total. The van der Waals surface area contributed by atoms with E-state index < -0.39 is 101 Å². The Labute approximate surface area is 349 Å². The number of fused-ring (bicyclic) bond motifs is 2. The smallest absolute Gasteiger partial charge is 0.408 e. The SMILES string of the molecule is CC(=O)O[C@@H](C=O)C1=C(C)[C@@H](OC(=O)[C@H](O)[C@@H](NC(=O)OC(C)(C)C)c2ccccc2)C[C@@](O)([C@@H](OC(=O)c2ccccc2)[C@H]2[C@H]3C[C@H]3C[C@H]3OC[C@@]23OC(C)=O)C1(C)C.